The van der Waals surface area contributed by atoms with E-state index in [0.29, 0.717) is 6.54 Å². The van der Waals surface area contributed by atoms with E-state index in [0.717, 1.165) is 31.7 Å². The van der Waals surface area contributed by atoms with E-state index in [2.05, 4.69) is 12.2 Å². The Bertz CT molecular complexity index is 359. The standard InChI is InChI=1S/C13H18FNO2/c1-2-3-4-5-9-15-13(17)12-10(14)7-6-8-11(12)16/h6-8,16H,2-5,9H2,1H3,(H,15,17). The minimum absolute atomic E-state index is 0.275. The van der Waals surface area contributed by atoms with Crippen molar-refractivity contribution in [2.75, 3.05) is 6.54 Å². The average Bonchev–Trinajstić information content (AvgIpc) is 2.28. The lowest BCUT2D eigenvalue weighted by molar-refractivity contribution is 0.0946. The van der Waals surface area contributed by atoms with Crippen LogP contribution in [0.15, 0.2) is 18.2 Å². The lowest BCUT2D eigenvalue weighted by Gasteiger charge is -2.07. The summed E-state index contributed by atoms with van der Waals surface area (Å²) in [5.41, 5.74) is -0.275. The number of amides is 1. The zero-order valence-corrected chi connectivity index (χ0v) is 10.0. The van der Waals surface area contributed by atoms with Gasteiger partial charge in [0.1, 0.15) is 17.1 Å². The van der Waals surface area contributed by atoms with Crippen molar-refractivity contribution in [3.63, 3.8) is 0 Å². The Labute approximate surface area is 101 Å². The lowest BCUT2D eigenvalue weighted by Crippen LogP contribution is -2.25. The molecule has 0 aliphatic rings. The van der Waals surface area contributed by atoms with E-state index in [9.17, 15) is 14.3 Å². The van der Waals surface area contributed by atoms with Crippen LogP contribution in [0.3, 0.4) is 0 Å². The molecule has 1 aromatic rings. The highest BCUT2D eigenvalue weighted by Crippen LogP contribution is 2.19. The topological polar surface area (TPSA) is 49.3 Å². The number of aromatic hydroxyl groups is 1. The number of nitrogens with one attached hydrogen (secondary N) is 1. The summed E-state index contributed by atoms with van der Waals surface area (Å²) in [5, 5.41) is 12.0. The van der Waals surface area contributed by atoms with Gasteiger partial charge in [0.25, 0.3) is 5.91 Å². The summed E-state index contributed by atoms with van der Waals surface area (Å²) in [7, 11) is 0. The number of unbranched alkanes of at least 4 members (excludes halogenated alkanes) is 3. The molecule has 0 radical (unpaired) electrons. The minimum atomic E-state index is -0.698. The minimum Gasteiger partial charge on any atom is -0.507 e. The third-order valence-corrected chi connectivity index (χ3v) is 2.53. The fourth-order valence-electron chi connectivity index (χ4n) is 1.58. The lowest BCUT2D eigenvalue weighted by atomic mass is 10.1. The fraction of sp³-hybridized carbons (Fsp3) is 0.462. The second-order valence-electron chi connectivity index (χ2n) is 3.95. The first-order chi connectivity index (χ1) is 8.16. The Morgan fingerprint density at radius 1 is 1.35 bits per heavy atom. The first kappa shape index (κ1) is 13.5. The van der Waals surface area contributed by atoms with E-state index >= 15 is 0 Å². The predicted molar refractivity (Wildman–Crippen MR) is 64.5 cm³/mol. The summed E-state index contributed by atoms with van der Waals surface area (Å²) < 4.78 is 13.3. The highest BCUT2D eigenvalue weighted by Gasteiger charge is 2.15. The maximum Gasteiger partial charge on any atom is 0.258 e. The number of phenols is 1. The van der Waals surface area contributed by atoms with Crippen molar-refractivity contribution in [1.29, 1.82) is 0 Å². The summed E-state index contributed by atoms with van der Waals surface area (Å²) in [6.07, 6.45) is 4.16. The average molecular weight is 239 g/mol. The zero-order chi connectivity index (χ0) is 12.7. The molecule has 0 saturated heterocycles. The number of carbonyl (C=O) groups is 1. The van der Waals surface area contributed by atoms with Gasteiger partial charge in [-0.1, -0.05) is 32.3 Å². The van der Waals surface area contributed by atoms with Crippen molar-refractivity contribution in [3.05, 3.63) is 29.6 Å². The Kier molecular flexibility index (Phi) is 5.46. The van der Waals surface area contributed by atoms with E-state index in [-0.39, 0.29) is 11.3 Å². The van der Waals surface area contributed by atoms with Crippen LogP contribution < -0.4 is 5.32 Å². The van der Waals surface area contributed by atoms with Crippen molar-refractivity contribution < 1.29 is 14.3 Å². The van der Waals surface area contributed by atoms with Crippen LogP contribution in [0, 0.1) is 5.82 Å². The third kappa shape index (κ3) is 4.06. The molecule has 4 heteroatoms. The number of benzene rings is 1. The molecular weight excluding hydrogens is 221 g/mol. The van der Waals surface area contributed by atoms with Gasteiger partial charge in [0.15, 0.2) is 0 Å². The van der Waals surface area contributed by atoms with Crippen LogP contribution in [0.1, 0.15) is 43.0 Å². The summed E-state index contributed by atoms with van der Waals surface area (Å²) in [5.74, 6) is -1.58. The molecule has 2 N–H and O–H groups in total. The number of hydrogen-bond donors (Lipinski definition) is 2. The van der Waals surface area contributed by atoms with Crippen LogP contribution in [0.2, 0.25) is 0 Å². The van der Waals surface area contributed by atoms with Crippen LogP contribution in [-0.2, 0) is 0 Å². The number of halogens is 1. The van der Waals surface area contributed by atoms with Crippen LogP contribution in [-0.4, -0.2) is 17.6 Å². The van der Waals surface area contributed by atoms with Gasteiger partial charge in [0, 0.05) is 6.54 Å². The molecule has 17 heavy (non-hydrogen) atoms. The number of phenolic OH excluding ortho intramolecular Hbond substituents is 1. The summed E-state index contributed by atoms with van der Waals surface area (Å²) >= 11 is 0. The molecule has 0 fully saturated rings. The molecule has 0 unspecified atom stereocenters. The van der Waals surface area contributed by atoms with Gasteiger partial charge in [-0.2, -0.15) is 0 Å². The number of rotatable bonds is 6. The van der Waals surface area contributed by atoms with E-state index in [1.54, 1.807) is 0 Å². The Hall–Kier alpha value is -1.58. The number of hydrogen-bond acceptors (Lipinski definition) is 2. The van der Waals surface area contributed by atoms with E-state index < -0.39 is 11.7 Å². The van der Waals surface area contributed by atoms with Gasteiger partial charge in [0.05, 0.1) is 0 Å². The molecule has 0 aromatic heterocycles. The van der Waals surface area contributed by atoms with Gasteiger partial charge >= 0.3 is 0 Å². The smallest absolute Gasteiger partial charge is 0.258 e. The molecular formula is C13H18FNO2. The Balaban J connectivity index is 2.47. The first-order valence-corrected chi connectivity index (χ1v) is 5.92. The molecule has 1 aromatic carbocycles. The van der Waals surface area contributed by atoms with Gasteiger partial charge in [-0.05, 0) is 18.6 Å². The molecule has 0 aliphatic carbocycles. The third-order valence-electron chi connectivity index (χ3n) is 2.53. The monoisotopic (exact) mass is 239 g/mol. The van der Waals surface area contributed by atoms with E-state index in [1.165, 1.54) is 12.1 Å². The molecule has 0 atom stereocenters. The quantitative estimate of drug-likeness (QED) is 0.750. The van der Waals surface area contributed by atoms with Crippen molar-refractivity contribution in [3.8, 4) is 5.75 Å². The van der Waals surface area contributed by atoms with Crippen molar-refractivity contribution in [2.45, 2.75) is 32.6 Å². The SMILES string of the molecule is CCCCCCNC(=O)c1c(O)cccc1F. The zero-order valence-electron chi connectivity index (χ0n) is 10.0. The molecule has 0 saturated carbocycles. The van der Waals surface area contributed by atoms with Gasteiger partial charge in [-0.25, -0.2) is 4.39 Å². The highest BCUT2D eigenvalue weighted by molar-refractivity contribution is 5.97. The van der Waals surface area contributed by atoms with Gasteiger partial charge in [-0.3, -0.25) is 4.79 Å². The Morgan fingerprint density at radius 2 is 2.12 bits per heavy atom. The van der Waals surface area contributed by atoms with Crippen LogP contribution >= 0.6 is 0 Å². The summed E-state index contributed by atoms with van der Waals surface area (Å²) in [4.78, 5) is 11.6. The largest absolute Gasteiger partial charge is 0.507 e. The molecule has 1 rings (SSSR count). The Morgan fingerprint density at radius 3 is 2.76 bits per heavy atom. The highest BCUT2D eigenvalue weighted by atomic mass is 19.1. The van der Waals surface area contributed by atoms with Crippen molar-refractivity contribution in [1.82, 2.24) is 5.32 Å². The van der Waals surface area contributed by atoms with Crippen LogP contribution in [0.25, 0.3) is 0 Å². The second kappa shape index (κ2) is 6.89. The maximum atomic E-state index is 13.3. The van der Waals surface area contributed by atoms with Crippen LogP contribution in [0.5, 0.6) is 5.75 Å². The molecule has 0 bridgehead atoms. The van der Waals surface area contributed by atoms with Crippen molar-refractivity contribution in [2.24, 2.45) is 0 Å². The molecule has 0 heterocycles. The molecule has 0 spiro atoms. The molecule has 1 amide bonds. The van der Waals surface area contributed by atoms with Gasteiger partial charge in [0.2, 0.25) is 0 Å². The van der Waals surface area contributed by atoms with Gasteiger partial charge in [-0.15, -0.1) is 0 Å². The normalized spacial score (nSPS) is 10.2. The van der Waals surface area contributed by atoms with Crippen molar-refractivity contribution >= 4 is 5.91 Å². The predicted octanol–water partition coefficient (Wildman–Crippen LogP) is 2.84. The van der Waals surface area contributed by atoms with E-state index in [1.807, 2.05) is 0 Å². The fourth-order valence-corrected chi connectivity index (χ4v) is 1.58. The van der Waals surface area contributed by atoms with Gasteiger partial charge < -0.3 is 10.4 Å². The molecule has 94 valence electrons. The summed E-state index contributed by atoms with van der Waals surface area (Å²) in [6.45, 7) is 2.61. The number of carbonyl (C=O) groups excluding carboxylic acids is 1. The molecule has 3 nitrogen and oxygen atoms in total. The van der Waals surface area contributed by atoms with Crippen LogP contribution in [0.4, 0.5) is 4.39 Å². The first-order valence-electron chi connectivity index (χ1n) is 5.92. The molecule has 0 aliphatic heterocycles. The van der Waals surface area contributed by atoms with E-state index in [4.69, 9.17) is 0 Å². The maximum absolute atomic E-state index is 13.3. The summed E-state index contributed by atoms with van der Waals surface area (Å²) in [6, 6.07) is 3.82. The second-order valence-corrected chi connectivity index (χ2v) is 3.95.